The van der Waals surface area contributed by atoms with Gasteiger partial charge in [0, 0.05) is 18.2 Å². The van der Waals surface area contributed by atoms with Crippen molar-refractivity contribution in [3.05, 3.63) is 58.9 Å². The minimum atomic E-state index is -5.13. The SMILES string of the molecule is CNC(=O)C1(CCc2ccc(N3C(=S)N(c4ccc(C#N)c(C(F)(F)F)c4F)C(=O)C34CCC4)cc2)CCC1. The van der Waals surface area contributed by atoms with Crippen molar-refractivity contribution in [2.45, 2.75) is 63.1 Å². The Morgan fingerprint density at radius 1 is 1.10 bits per heavy atom. The van der Waals surface area contributed by atoms with Crippen LogP contribution in [0.1, 0.15) is 61.6 Å². The summed E-state index contributed by atoms with van der Waals surface area (Å²) in [6, 6.07) is 10.6. The number of rotatable bonds is 6. The Labute approximate surface area is 228 Å². The van der Waals surface area contributed by atoms with Crippen LogP contribution in [0.15, 0.2) is 36.4 Å². The molecule has 2 aliphatic carbocycles. The summed E-state index contributed by atoms with van der Waals surface area (Å²) in [7, 11) is 1.64. The molecule has 0 aromatic heterocycles. The van der Waals surface area contributed by atoms with Crippen molar-refractivity contribution in [2.24, 2.45) is 5.41 Å². The number of halogens is 4. The van der Waals surface area contributed by atoms with Gasteiger partial charge in [-0.1, -0.05) is 18.6 Å². The maximum Gasteiger partial charge on any atom is 0.420 e. The second-order valence-corrected chi connectivity index (χ2v) is 10.8. The lowest BCUT2D eigenvalue weighted by atomic mass is 9.65. The molecule has 1 N–H and O–H groups in total. The average molecular weight is 559 g/mol. The van der Waals surface area contributed by atoms with E-state index in [1.165, 1.54) is 6.07 Å². The third-order valence-electron chi connectivity index (χ3n) is 8.47. The molecule has 0 unspecified atom stereocenters. The Morgan fingerprint density at radius 2 is 1.74 bits per heavy atom. The van der Waals surface area contributed by atoms with Crippen LogP contribution in [-0.2, 0) is 22.2 Å². The van der Waals surface area contributed by atoms with Crippen molar-refractivity contribution in [3.63, 3.8) is 0 Å². The normalized spacial score (nSPS) is 19.5. The number of thiocarbonyl (C=S) groups is 1. The van der Waals surface area contributed by atoms with Gasteiger partial charge in [0.05, 0.1) is 17.3 Å². The fourth-order valence-electron chi connectivity index (χ4n) is 5.96. The van der Waals surface area contributed by atoms with Crippen molar-refractivity contribution in [2.75, 3.05) is 16.8 Å². The molecule has 1 saturated heterocycles. The number of anilines is 2. The first-order valence-electron chi connectivity index (χ1n) is 12.8. The minimum absolute atomic E-state index is 0.0574. The summed E-state index contributed by atoms with van der Waals surface area (Å²) in [5, 5.41) is 11.7. The van der Waals surface area contributed by atoms with Crippen LogP contribution in [0.4, 0.5) is 28.9 Å². The van der Waals surface area contributed by atoms with E-state index in [-0.39, 0.29) is 16.4 Å². The summed E-state index contributed by atoms with van der Waals surface area (Å²) in [6.45, 7) is 0. The van der Waals surface area contributed by atoms with Gasteiger partial charge in [-0.3, -0.25) is 14.5 Å². The summed E-state index contributed by atoms with van der Waals surface area (Å²) < 4.78 is 56.2. The molecular formula is C28H26F4N4O2S. The van der Waals surface area contributed by atoms with Gasteiger partial charge in [0.15, 0.2) is 10.9 Å². The van der Waals surface area contributed by atoms with Crippen LogP contribution >= 0.6 is 12.2 Å². The zero-order chi connectivity index (χ0) is 28.2. The van der Waals surface area contributed by atoms with E-state index in [4.69, 9.17) is 17.5 Å². The van der Waals surface area contributed by atoms with Gasteiger partial charge in [0.25, 0.3) is 5.91 Å². The number of nitrogens with one attached hydrogen (secondary N) is 1. The second kappa shape index (κ2) is 9.59. The first-order chi connectivity index (χ1) is 18.5. The lowest BCUT2D eigenvalue weighted by Crippen LogP contribution is -2.55. The molecule has 5 rings (SSSR count). The minimum Gasteiger partial charge on any atom is -0.359 e. The summed E-state index contributed by atoms with van der Waals surface area (Å²) in [4.78, 5) is 28.4. The predicted octanol–water partition coefficient (Wildman–Crippen LogP) is 5.63. The van der Waals surface area contributed by atoms with E-state index >= 15 is 4.39 Å². The maximum atomic E-state index is 15.3. The summed E-state index contributed by atoms with van der Waals surface area (Å²) >= 11 is 5.58. The number of hydrogen-bond acceptors (Lipinski definition) is 4. The van der Waals surface area contributed by atoms with Gasteiger partial charge in [-0.2, -0.15) is 18.4 Å². The van der Waals surface area contributed by atoms with Gasteiger partial charge < -0.3 is 10.2 Å². The summed E-state index contributed by atoms with van der Waals surface area (Å²) in [5.41, 5.74) is -3.08. The van der Waals surface area contributed by atoms with Gasteiger partial charge in [0.2, 0.25) is 5.91 Å². The summed E-state index contributed by atoms with van der Waals surface area (Å²) in [6.07, 6.45) is 0.553. The van der Waals surface area contributed by atoms with Crippen LogP contribution < -0.4 is 15.1 Å². The fourth-order valence-corrected chi connectivity index (χ4v) is 6.42. The Morgan fingerprint density at radius 3 is 2.23 bits per heavy atom. The molecule has 0 radical (unpaired) electrons. The Balaban J connectivity index is 1.44. The lowest BCUT2D eigenvalue weighted by molar-refractivity contribution is -0.140. The third kappa shape index (κ3) is 4.16. The topological polar surface area (TPSA) is 76.4 Å². The maximum absolute atomic E-state index is 15.3. The van der Waals surface area contributed by atoms with Gasteiger partial charge in [-0.15, -0.1) is 0 Å². The number of carbonyl (C=O) groups is 2. The molecule has 3 fully saturated rings. The number of nitrogens with zero attached hydrogens (tertiary/aromatic N) is 3. The number of alkyl halides is 3. The Hall–Kier alpha value is -3.52. The number of benzene rings is 2. The fraction of sp³-hybridized carbons (Fsp3) is 0.429. The average Bonchev–Trinajstić information content (AvgIpc) is 3.09. The highest BCUT2D eigenvalue weighted by Crippen LogP contribution is 2.49. The van der Waals surface area contributed by atoms with Gasteiger partial charge in [0.1, 0.15) is 11.1 Å². The van der Waals surface area contributed by atoms with E-state index in [2.05, 4.69) is 5.32 Å². The van der Waals surface area contributed by atoms with Crippen molar-refractivity contribution in [1.82, 2.24) is 5.32 Å². The van der Waals surface area contributed by atoms with E-state index in [1.54, 1.807) is 24.1 Å². The molecule has 0 bridgehead atoms. The van der Waals surface area contributed by atoms with Crippen LogP contribution in [-0.4, -0.2) is 29.5 Å². The molecule has 2 aromatic rings. The van der Waals surface area contributed by atoms with E-state index in [9.17, 15) is 22.8 Å². The Kier molecular flexibility index (Phi) is 6.66. The van der Waals surface area contributed by atoms with E-state index in [0.717, 1.165) is 41.9 Å². The number of carbonyl (C=O) groups excluding carboxylic acids is 2. The molecule has 11 heteroatoms. The molecule has 6 nitrogen and oxygen atoms in total. The molecule has 2 saturated carbocycles. The van der Waals surface area contributed by atoms with Gasteiger partial charge in [-0.05, 0) is 87.0 Å². The zero-order valence-corrected chi connectivity index (χ0v) is 22.0. The molecule has 39 heavy (non-hydrogen) atoms. The number of nitriles is 1. The monoisotopic (exact) mass is 558 g/mol. The molecule has 3 aliphatic rings. The second-order valence-electron chi connectivity index (χ2n) is 10.5. The lowest BCUT2D eigenvalue weighted by Gasteiger charge is -2.43. The standard InChI is InChI=1S/C28H26F4N4O2S/c1-34-23(37)26(11-2-12-26)15-10-17-4-7-19(8-5-17)36-25(39)35(24(38)27(36)13-3-14-27)20-9-6-18(16-33)21(22(20)29)28(30,31)32/h4-9H,2-3,10-15H2,1H3,(H,34,37). The van der Waals surface area contributed by atoms with Crippen molar-refractivity contribution >= 4 is 40.5 Å². The predicted molar refractivity (Wildman–Crippen MR) is 140 cm³/mol. The molecule has 0 atom stereocenters. The van der Waals surface area contributed by atoms with Crippen LogP contribution in [0, 0.1) is 22.6 Å². The third-order valence-corrected chi connectivity index (χ3v) is 8.83. The van der Waals surface area contributed by atoms with E-state index in [1.807, 2.05) is 12.1 Å². The molecule has 1 spiro atoms. The molecule has 1 heterocycles. The van der Waals surface area contributed by atoms with Crippen LogP contribution in [0.3, 0.4) is 0 Å². The number of hydrogen-bond donors (Lipinski definition) is 1. The number of aryl methyl sites for hydroxylation is 1. The van der Waals surface area contributed by atoms with E-state index < -0.39 is 40.3 Å². The molecule has 2 amide bonds. The molecule has 1 aliphatic heterocycles. The highest BCUT2D eigenvalue weighted by atomic mass is 32.1. The van der Waals surface area contributed by atoms with Crippen molar-refractivity contribution in [3.8, 4) is 6.07 Å². The van der Waals surface area contributed by atoms with Crippen LogP contribution in [0.25, 0.3) is 0 Å². The zero-order valence-electron chi connectivity index (χ0n) is 21.2. The first kappa shape index (κ1) is 27.1. The van der Waals surface area contributed by atoms with Gasteiger partial charge in [-0.25, -0.2) is 4.39 Å². The molecular weight excluding hydrogens is 532 g/mol. The molecule has 2 aromatic carbocycles. The smallest absolute Gasteiger partial charge is 0.359 e. The van der Waals surface area contributed by atoms with Crippen LogP contribution in [0.2, 0.25) is 0 Å². The first-order valence-corrected chi connectivity index (χ1v) is 13.2. The quantitative estimate of drug-likeness (QED) is 0.368. The number of amides is 2. The van der Waals surface area contributed by atoms with Crippen molar-refractivity contribution in [1.29, 1.82) is 5.26 Å². The highest BCUT2D eigenvalue weighted by Gasteiger charge is 2.60. The van der Waals surface area contributed by atoms with E-state index in [0.29, 0.717) is 37.8 Å². The molecule has 204 valence electrons. The largest absolute Gasteiger partial charge is 0.420 e. The van der Waals surface area contributed by atoms with Crippen molar-refractivity contribution < 1.29 is 27.2 Å². The Bertz CT molecular complexity index is 1390. The van der Waals surface area contributed by atoms with Crippen LogP contribution in [0.5, 0.6) is 0 Å². The summed E-state index contributed by atoms with van der Waals surface area (Å²) in [5.74, 6) is -2.23. The van der Waals surface area contributed by atoms with Gasteiger partial charge >= 0.3 is 6.18 Å². The highest BCUT2D eigenvalue weighted by molar-refractivity contribution is 7.81.